The SMILES string of the molecule is N[C@@H](C(=O)OCCC1CC1)c1ccccc1Cl. The highest BCUT2D eigenvalue weighted by Gasteiger charge is 2.23. The molecule has 2 N–H and O–H groups in total. The number of rotatable bonds is 5. The molecule has 1 aromatic rings. The third-order valence-electron chi connectivity index (χ3n) is 2.96. The molecule has 92 valence electrons. The minimum atomic E-state index is -0.789. The Morgan fingerprint density at radius 3 is 2.82 bits per heavy atom. The van der Waals surface area contributed by atoms with Gasteiger partial charge in [-0.05, 0) is 24.0 Å². The van der Waals surface area contributed by atoms with Crippen LogP contribution in [0.1, 0.15) is 30.9 Å². The van der Waals surface area contributed by atoms with Crippen molar-refractivity contribution in [2.24, 2.45) is 11.7 Å². The fraction of sp³-hybridized carbons (Fsp3) is 0.462. The Morgan fingerprint density at radius 2 is 2.18 bits per heavy atom. The van der Waals surface area contributed by atoms with E-state index in [1.54, 1.807) is 24.3 Å². The molecule has 4 heteroatoms. The second kappa shape index (κ2) is 5.52. The predicted molar refractivity (Wildman–Crippen MR) is 66.7 cm³/mol. The van der Waals surface area contributed by atoms with Crippen molar-refractivity contribution < 1.29 is 9.53 Å². The van der Waals surface area contributed by atoms with Crippen LogP contribution in [-0.2, 0) is 9.53 Å². The molecule has 1 saturated carbocycles. The van der Waals surface area contributed by atoms with Crippen molar-refractivity contribution in [1.82, 2.24) is 0 Å². The van der Waals surface area contributed by atoms with Gasteiger partial charge < -0.3 is 10.5 Å². The van der Waals surface area contributed by atoms with Crippen LogP contribution >= 0.6 is 11.6 Å². The highest BCUT2D eigenvalue weighted by Crippen LogP contribution is 2.32. The molecule has 3 nitrogen and oxygen atoms in total. The van der Waals surface area contributed by atoms with Gasteiger partial charge in [-0.3, -0.25) is 0 Å². The van der Waals surface area contributed by atoms with Crippen molar-refractivity contribution in [2.75, 3.05) is 6.61 Å². The highest BCUT2D eigenvalue weighted by atomic mass is 35.5. The molecule has 2 rings (SSSR count). The zero-order chi connectivity index (χ0) is 12.3. The standard InChI is InChI=1S/C13H16ClNO2/c14-11-4-2-1-3-10(11)12(15)13(16)17-8-7-9-5-6-9/h1-4,9,12H,5-8,15H2/t12-/m1/s1. The van der Waals surface area contributed by atoms with Gasteiger partial charge in [0.15, 0.2) is 0 Å². The zero-order valence-corrected chi connectivity index (χ0v) is 10.3. The van der Waals surface area contributed by atoms with Gasteiger partial charge in [0.1, 0.15) is 6.04 Å². The van der Waals surface area contributed by atoms with Crippen molar-refractivity contribution >= 4 is 17.6 Å². The van der Waals surface area contributed by atoms with Crippen molar-refractivity contribution in [3.05, 3.63) is 34.9 Å². The van der Waals surface area contributed by atoms with E-state index >= 15 is 0 Å². The van der Waals surface area contributed by atoms with Gasteiger partial charge in [-0.25, -0.2) is 4.79 Å². The van der Waals surface area contributed by atoms with Gasteiger partial charge in [0, 0.05) is 5.02 Å². The van der Waals surface area contributed by atoms with E-state index in [0.717, 1.165) is 12.3 Å². The van der Waals surface area contributed by atoms with Crippen molar-refractivity contribution in [3.8, 4) is 0 Å². The topological polar surface area (TPSA) is 52.3 Å². The molecule has 0 unspecified atom stereocenters. The number of benzene rings is 1. The molecule has 0 saturated heterocycles. The number of esters is 1. The van der Waals surface area contributed by atoms with Crippen LogP contribution in [0.4, 0.5) is 0 Å². The molecule has 17 heavy (non-hydrogen) atoms. The van der Waals surface area contributed by atoms with E-state index in [4.69, 9.17) is 22.1 Å². The number of halogens is 1. The van der Waals surface area contributed by atoms with E-state index in [2.05, 4.69) is 0 Å². The van der Waals surface area contributed by atoms with Gasteiger partial charge in [0.2, 0.25) is 0 Å². The lowest BCUT2D eigenvalue weighted by Gasteiger charge is -2.12. The maximum Gasteiger partial charge on any atom is 0.327 e. The molecule has 1 atom stereocenters. The Hall–Kier alpha value is -1.06. The third-order valence-corrected chi connectivity index (χ3v) is 3.31. The Bertz CT molecular complexity index is 404. The quantitative estimate of drug-likeness (QED) is 0.821. The molecule has 1 aromatic carbocycles. The largest absolute Gasteiger partial charge is 0.464 e. The molecular formula is C13H16ClNO2. The minimum absolute atomic E-state index is 0.404. The van der Waals surface area contributed by atoms with Crippen LogP contribution < -0.4 is 5.73 Å². The van der Waals surface area contributed by atoms with Gasteiger partial charge in [0.05, 0.1) is 6.61 Å². The van der Waals surface area contributed by atoms with Crippen molar-refractivity contribution in [1.29, 1.82) is 0 Å². The molecule has 0 bridgehead atoms. The fourth-order valence-electron chi connectivity index (χ4n) is 1.68. The highest BCUT2D eigenvalue weighted by molar-refractivity contribution is 6.31. The first-order valence-corrected chi connectivity index (χ1v) is 6.23. The number of hydrogen-bond donors (Lipinski definition) is 1. The van der Waals surface area contributed by atoms with Gasteiger partial charge >= 0.3 is 5.97 Å². The lowest BCUT2D eigenvalue weighted by atomic mass is 10.1. The summed E-state index contributed by atoms with van der Waals surface area (Å²) in [4.78, 5) is 11.7. The Balaban J connectivity index is 1.87. The van der Waals surface area contributed by atoms with Gasteiger partial charge in [-0.2, -0.15) is 0 Å². The Labute approximate surface area is 106 Å². The predicted octanol–water partition coefficient (Wildman–Crippen LogP) is 2.68. The first-order chi connectivity index (χ1) is 8.18. The van der Waals surface area contributed by atoms with Crippen LogP contribution in [0.2, 0.25) is 5.02 Å². The smallest absolute Gasteiger partial charge is 0.327 e. The van der Waals surface area contributed by atoms with Crippen LogP contribution in [0.3, 0.4) is 0 Å². The third kappa shape index (κ3) is 3.45. The molecule has 1 aliphatic carbocycles. The summed E-state index contributed by atoms with van der Waals surface area (Å²) in [5.74, 6) is 0.345. The molecule has 0 aromatic heterocycles. The number of ether oxygens (including phenoxy) is 1. The van der Waals surface area contributed by atoms with Crippen LogP contribution in [0.25, 0.3) is 0 Å². The molecule has 1 fully saturated rings. The summed E-state index contributed by atoms with van der Waals surface area (Å²) in [6.07, 6.45) is 3.46. The van der Waals surface area contributed by atoms with Crippen LogP contribution in [-0.4, -0.2) is 12.6 Å². The van der Waals surface area contributed by atoms with Crippen molar-refractivity contribution in [3.63, 3.8) is 0 Å². The average Bonchev–Trinajstić information content (AvgIpc) is 3.13. The summed E-state index contributed by atoms with van der Waals surface area (Å²) in [7, 11) is 0. The average molecular weight is 254 g/mol. The Kier molecular flexibility index (Phi) is 4.02. The van der Waals surface area contributed by atoms with E-state index in [-0.39, 0.29) is 0 Å². The Morgan fingerprint density at radius 1 is 1.47 bits per heavy atom. The van der Waals surface area contributed by atoms with Gasteiger partial charge in [0.25, 0.3) is 0 Å². The van der Waals surface area contributed by atoms with E-state index in [1.165, 1.54) is 12.8 Å². The first kappa shape index (κ1) is 12.4. The molecule has 0 heterocycles. The summed E-state index contributed by atoms with van der Waals surface area (Å²) in [5.41, 5.74) is 6.43. The summed E-state index contributed by atoms with van der Waals surface area (Å²) < 4.78 is 5.14. The second-order valence-electron chi connectivity index (χ2n) is 4.40. The van der Waals surface area contributed by atoms with Crippen LogP contribution in [0.15, 0.2) is 24.3 Å². The molecular weight excluding hydrogens is 238 g/mol. The fourth-order valence-corrected chi connectivity index (χ4v) is 1.93. The summed E-state index contributed by atoms with van der Waals surface area (Å²) in [5, 5.41) is 0.499. The first-order valence-electron chi connectivity index (χ1n) is 5.85. The second-order valence-corrected chi connectivity index (χ2v) is 4.81. The van der Waals surface area contributed by atoms with Gasteiger partial charge in [-0.1, -0.05) is 42.6 Å². The number of nitrogens with two attached hydrogens (primary N) is 1. The normalized spacial score (nSPS) is 16.6. The van der Waals surface area contributed by atoms with Gasteiger partial charge in [-0.15, -0.1) is 0 Å². The summed E-state index contributed by atoms with van der Waals surface area (Å²) in [6, 6.07) is 6.28. The number of carbonyl (C=O) groups excluding carboxylic acids is 1. The van der Waals surface area contributed by atoms with E-state index in [1.807, 2.05) is 0 Å². The van der Waals surface area contributed by atoms with E-state index < -0.39 is 12.0 Å². The maximum absolute atomic E-state index is 11.7. The maximum atomic E-state index is 11.7. The van der Waals surface area contributed by atoms with E-state index in [9.17, 15) is 4.79 Å². The van der Waals surface area contributed by atoms with Crippen LogP contribution in [0.5, 0.6) is 0 Å². The minimum Gasteiger partial charge on any atom is -0.464 e. The summed E-state index contributed by atoms with van der Waals surface area (Å²) >= 11 is 5.97. The molecule has 0 radical (unpaired) electrons. The molecule has 0 amide bonds. The van der Waals surface area contributed by atoms with E-state index in [0.29, 0.717) is 17.2 Å². The van der Waals surface area contributed by atoms with Crippen LogP contribution in [0, 0.1) is 5.92 Å². The molecule has 0 spiro atoms. The monoisotopic (exact) mass is 253 g/mol. The zero-order valence-electron chi connectivity index (χ0n) is 9.56. The van der Waals surface area contributed by atoms with Crippen molar-refractivity contribution in [2.45, 2.75) is 25.3 Å². The molecule has 0 aliphatic heterocycles. The molecule has 1 aliphatic rings. The number of carbonyl (C=O) groups is 1. The number of hydrogen-bond acceptors (Lipinski definition) is 3. The lowest BCUT2D eigenvalue weighted by Crippen LogP contribution is -2.24. The summed E-state index contributed by atoms with van der Waals surface area (Å²) in [6.45, 7) is 0.460. The lowest BCUT2D eigenvalue weighted by molar-refractivity contribution is -0.145.